The highest BCUT2D eigenvalue weighted by atomic mass is 16.2. The molecule has 0 atom stereocenters. The molecule has 0 radical (unpaired) electrons. The predicted molar refractivity (Wildman–Crippen MR) is 133 cm³/mol. The Labute approximate surface area is 201 Å². The van der Waals surface area contributed by atoms with Gasteiger partial charge >= 0.3 is 0 Å². The number of amides is 2. The maximum absolute atomic E-state index is 13.8. The van der Waals surface area contributed by atoms with Gasteiger partial charge in [0.05, 0.1) is 11.0 Å². The number of rotatable bonds is 9. The van der Waals surface area contributed by atoms with E-state index in [1.54, 1.807) is 0 Å². The zero-order valence-corrected chi connectivity index (χ0v) is 19.8. The van der Waals surface area contributed by atoms with Crippen LogP contribution in [0.3, 0.4) is 0 Å². The van der Waals surface area contributed by atoms with E-state index in [9.17, 15) is 9.59 Å². The Hall–Kier alpha value is -3.15. The molecule has 6 nitrogen and oxygen atoms in total. The van der Waals surface area contributed by atoms with Gasteiger partial charge in [0, 0.05) is 31.5 Å². The summed E-state index contributed by atoms with van der Waals surface area (Å²) >= 11 is 0. The van der Waals surface area contributed by atoms with Gasteiger partial charge in [-0.2, -0.15) is 0 Å². The van der Waals surface area contributed by atoms with E-state index in [1.165, 1.54) is 24.8 Å². The lowest BCUT2D eigenvalue weighted by Crippen LogP contribution is -2.42. The molecule has 0 unspecified atom stereocenters. The van der Waals surface area contributed by atoms with Crippen molar-refractivity contribution < 1.29 is 9.59 Å². The lowest BCUT2D eigenvalue weighted by molar-refractivity contribution is -0.135. The van der Waals surface area contributed by atoms with Crippen molar-refractivity contribution in [2.24, 2.45) is 5.92 Å². The van der Waals surface area contributed by atoms with Gasteiger partial charge in [0.15, 0.2) is 0 Å². The van der Waals surface area contributed by atoms with Crippen LogP contribution < -0.4 is 5.32 Å². The summed E-state index contributed by atoms with van der Waals surface area (Å²) in [5.74, 6) is 1.34. The first-order valence-corrected chi connectivity index (χ1v) is 12.7. The Bertz CT molecular complexity index is 1130. The zero-order chi connectivity index (χ0) is 23.3. The first-order valence-electron chi connectivity index (χ1n) is 12.7. The monoisotopic (exact) mass is 458 g/mol. The van der Waals surface area contributed by atoms with Crippen molar-refractivity contribution in [1.29, 1.82) is 0 Å². The van der Waals surface area contributed by atoms with Crippen LogP contribution in [0.25, 0.3) is 11.0 Å². The van der Waals surface area contributed by atoms with E-state index < -0.39 is 0 Å². The van der Waals surface area contributed by atoms with Crippen molar-refractivity contribution in [1.82, 2.24) is 19.8 Å². The van der Waals surface area contributed by atoms with E-state index in [0.717, 1.165) is 42.5 Å². The van der Waals surface area contributed by atoms with Gasteiger partial charge in [0.25, 0.3) is 0 Å². The number of benzene rings is 2. The number of hydrogen-bond acceptors (Lipinski definition) is 3. The van der Waals surface area contributed by atoms with Crippen LogP contribution in [0.4, 0.5) is 0 Å². The maximum Gasteiger partial charge on any atom is 0.243 e. The molecular formula is C28H34N4O2. The normalized spacial score (nSPS) is 16.5. The molecule has 178 valence electrons. The fourth-order valence-corrected chi connectivity index (χ4v) is 5.10. The van der Waals surface area contributed by atoms with Crippen LogP contribution in [0.2, 0.25) is 0 Å². The highest BCUT2D eigenvalue weighted by Crippen LogP contribution is 2.29. The van der Waals surface area contributed by atoms with Crippen LogP contribution >= 0.6 is 0 Å². The number of nitrogens with zero attached hydrogens (tertiary/aromatic N) is 3. The smallest absolute Gasteiger partial charge is 0.243 e. The van der Waals surface area contributed by atoms with Crippen LogP contribution in [0.5, 0.6) is 0 Å². The SMILES string of the molecule is O=C(NCCc1nc2ccccc2n1CC(=O)N(Cc1ccccc1)C1CCCCC1)C1CC1. The van der Waals surface area contributed by atoms with Crippen LogP contribution in [0, 0.1) is 5.92 Å². The van der Waals surface area contributed by atoms with Crippen molar-refractivity contribution in [3.8, 4) is 0 Å². The van der Waals surface area contributed by atoms with Gasteiger partial charge in [-0.3, -0.25) is 9.59 Å². The van der Waals surface area contributed by atoms with Crippen molar-refractivity contribution in [3.05, 3.63) is 66.0 Å². The molecule has 2 fully saturated rings. The van der Waals surface area contributed by atoms with E-state index in [2.05, 4.69) is 26.9 Å². The Balaban J connectivity index is 1.36. The number of imidazole rings is 1. The number of fused-ring (bicyclic) bond motifs is 1. The maximum atomic E-state index is 13.8. The summed E-state index contributed by atoms with van der Waals surface area (Å²) in [6.07, 6.45) is 8.38. The summed E-state index contributed by atoms with van der Waals surface area (Å²) < 4.78 is 2.06. The number of nitrogens with one attached hydrogen (secondary N) is 1. The van der Waals surface area contributed by atoms with Gasteiger partial charge in [-0.1, -0.05) is 61.7 Å². The molecule has 2 aromatic carbocycles. The molecule has 6 heteroatoms. The standard InChI is InChI=1S/C28H34N4O2/c33-27(31(23-11-5-2-6-12-23)19-21-9-3-1-4-10-21)20-32-25-14-8-7-13-24(25)30-26(32)17-18-29-28(34)22-15-16-22/h1,3-4,7-10,13-14,22-23H,2,5-6,11-12,15-20H2,(H,29,34). The van der Waals surface area contributed by atoms with Crippen LogP contribution in [0.15, 0.2) is 54.6 Å². The number of aromatic nitrogens is 2. The quantitative estimate of drug-likeness (QED) is 0.515. The molecule has 1 N–H and O–H groups in total. The Kier molecular flexibility index (Phi) is 6.93. The second-order valence-corrected chi connectivity index (χ2v) is 9.72. The third kappa shape index (κ3) is 5.32. The third-order valence-electron chi connectivity index (χ3n) is 7.15. The average molecular weight is 459 g/mol. The molecule has 0 spiro atoms. The summed E-state index contributed by atoms with van der Waals surface area (Å²) in [6, 6.07) is 18.6. The molecule has 2 amide bonds. The van der Waals surface area contributed by atoms with Crippen molar-refractivity contribution in [2.45, 2.75) is 70.5 Å². The van der Waals surface area contributed by atoms with Gasteiger partial charge in [0.2, 0.25) is 11.8 Å². The van der Waals surface area contributed by atoms with Crippen LogP contribution in [0.1, 0.15) is 56.3 Å². The van der Waals surface area contributed by atoms with Crippen molar-refractivity contribution in [3.63, 3.8) is 0 Å². The summed E-state index contributed by atoms with van der Waals surface area (Å²) in [5, 5.41) is 3.04. The molecule has 2 aliphatic rings. The van der Waals surface area contributed by atoms with E-state index in [-0.39, 0.29) is 30.3 Å². The van der Waals surface area contributed by atoms with Gasteiger partial charge < -0.3 is 14.8 Å². The third-order valence-corrected chi connectivity index (χ3v) is 7.15. The predicted octanol–water partition coefficient (Wildman–Crippen LogP) is 4.47. The molecule has 1 aromatic heterocycles. The molecule has 1 heterocycles. The van der Waals surface area contributed by atoms with Crippen molar-refractivity contribution >= 4 is 22.8 Å². The first-order chi connectivity index (χ1) is 16.7. The molecule has 34 heavy (non-hydrogen) atoms. The second kappa shape index (κ2) is 10.4. The molecule has 5 rings (SSSR count). The first kappa shape index (κ1) is 22.6. The minimum absolute atomic E-state index is 0.141. The topological polar surface area (TPSA) is 67.2 Å². The fourth-order valence-electron chi connectivity index (χ4n) is 5.10. The minimum atomic E-state index is 0.141. The second-order valence-electron chi connectivity index (χ2n) is 9.72. The van der Waals surface area contributed by atoms with Gasteiger partial charge in [0.1, 0.15) is 12.4 Å². The summed E-state index contributed by atoms with van der Waals surface area (Å²) in [7, 11) is 0. The summed E-state index contributed by atoms with van der Waals surface area (Å²) in [5.41, 5.74) is 3.04. The Morgan fingerprint density at radius 2 is 1.68 bits per heavy atom. The van der Waals surface area contributed by atoms with Crippen LogP contribution in [-0.4, -0.2) is 38.9 Å². The number of hydrogen-bond donors (Lipinski definition) is 1. The largest absolute Gasteiger partial charge is 0.355 e. The van der Waals surface area contributed by atoms with E-state index >= 15 is 0 Å². The lowest BCUT2D eigenvalue weighted by Gasteiger charge is -2.35. The average Bonchev–Trinajstić information content (AvgIpc) is 3.67. The molecule has 0 saturated heterocycles. The van der Waals surface area contributed by atoms with Crippen molar-refractivity contribution in [2.75, 3.05) is 6.54 Å². The molecule has 3 aromatic rings. The zero-order valence-electron chi connectivity index (χ0n) is 19.8. The Morgan fingerprint density at radius 1 is 0.941 bits per heavy atom. The molecule has 2 aliphatic carbocycles. The van der Waals surface area contributed by atoms with Gasteiger partial charge in [-0.25, -0.2) is 4.98 Å². The summed E-state index contributed by atoms with van der Waals surface area (Å²) in [6.45, 7) is 1.46. The van der Waals surface area contributed by atoms with Crippen LogP contribution in [-0.2, 0) is 29.1 Å². The molecule has 0 bridgehead atoms. The van der Waals surface area contributed by atoms with Gasteiger partial charge in [-0.05, 0) is 43.4 Å². The molecular weight excluding hydrogens is 424 g/mol. The lowest BCUT2D eigenvalue weighted by atomic mass is 9.93. The van der Waals surface area contributed by atoms with E-state index in [0.29, 0.717) is 19.5 Å². The number of carbonyl (C=O) groups is 2. The molecule has 0 aliphatic heterocycles. The highest BCUT2D eigenvalue weighted by molar-refractivity contribution is 5.82. The van der Waals surface area contributed by atoms with E-state index in [4.69, 9.17) is 4.98 Å². The van der Waals surface area contributed by atoms with E-state index in [1.807, 2.05) is 42.5 Å². The number of carbonyl (C=O) groups excluding carboxylic acids is 2. The minimum Gasteiger partial charge on any atom is -0.355 e. The highest BCUT2D eigenvalue weighted by Gasteiger charge is 2.29. The molecule has 2 saturated carbocycles. The number of para-hydroxylation sites is 2. The fraction of sp³-hybridized carbons (Fsp3) is 0.464. The Morgan fingerprint density at radius 3 is 2.44 bits per heavy atom. The summed E-state index contributed by atoms with van der Waals surface area (Å²) in [4.78, 5) is 32.8. The van der Waals surface area contributed by atoms with Gasteiger partial charge in [-0.15, -0.1) is 0 Å².